The lowest BCUT2D eigenvalue weighted by Crippen LogP contribution is -2.36. The number of hydrogen-bond donors (Lipinski definition) is 1. The number of urea groups is 1. The molecule has 0 unspecified atom stereocenters. The van der Waals surface area contributed by atoms with Gasteiger partial charge < -0.3 is 19.6 Å². The van der Waals surface area contributed by atoms with Crippen LogP contribution in [0, 0.1) is 6.92 Å². The minimum atomic E-state index is -0.142. The van der Waals surface area contributed by atoms with Crippen LogP contribution < -0.4 is 10.2 Å². The second-order valence-electron chi connectivity index (χ2n) is 6.51. The molecule has 25 heavy (non-hydrogen) atoms. The monoisotopic (exact) mass is 343 g/mol. The van der Waals surface area contributed by atoms with E-state index in [2.05, 4.69) is 26.4 Å². The molecular formula is C18H25N5O2. The van der Waals surface area contributed by atoms with Crippen molar-refractivity contribution in [1.82, 2.24) is 20.4 Å². The molecule has 1 aliphatic rings. The second-order valence-corrected chi connectivity index (χ2v) is 6.51. The van der Waals surface area contributed by atoms with Gasteiger partial charge in [0.1, 0.15) is 17.3 Å². The standard InChI is InChI=1S/C18H25N5O2/c1-14-10-16(21-25-14)13-22(2)18(24)20-12-15-6-7-19-17(11-15)23-8-4-3-5-9-23/h6-7,10-11H,3-5,8-9,12-13H2,1-2H3,(H,20,24). The SMILES string of the molecule is Cc1cc(CN(C)C(=O)NCc2ccnc(N3CCCCC3)c2)no1. The molecule has 2 aromatic heterocycles. The molecule has 1 aliphatic heterocycles. The number of hydrogen-bond acceptors (Lipinski definition) is 5. The molecule has 0 atom stereocenters. The fraction of sp³-hybridized carbons (Fsp3) is 0.500. The molecule has 0 bridgehead atoms. The van der Waals surface area contributed by atoms with Crippen molar-refractivity contribution in [2.75, 3.05) is 25.0 Å². The highest BCUT2D eigenvalue weighted by Gasteiger charge is 2.14. The van der Waals surface area contributed by atoms with Crippen LogP contribution in [0.5, 0.6) is 0 Å². The van der Waals surface area contributed by atoms with E-state index >= 15 is 0 Å². The van der Waals surface area contributed by atoms with E-state index in [1.807, 2.05) is 25.3 Å². The number of rotatable bonds is 5. The van der Waals surface area contributed by atoms with E-state index in [1.54, 1.807) is 11.9 Å². The van der Waals surface area contributed by atoms with Crippen LogP contribution in [0.3, 0.4) is 0 Å². The Kier molecular flexibility index (Phi) is 5.53. The molecule has 1 saturated heterocycles. The van der Waals surface area contributed by atoms with Gasteiger partial charge in [-0.1, -0.05) is 5.16 Å². The van der Waals surface area contributed by atoms with E-state index in [1.165, 1.54) is 19.3 Å². The summed E-state index contributed by atoms with van der Waals surface area (Å²) in [5.41, 5.74) is 1.79. The molecule has 0 radical (unpaired) electrons. The summed E-state index contributed by atoms with van der Waals surface area (Å²) in [6.45, 7) is 4.84. The molecule has 2 amide bonds. The average molecular weight is 343 g/mol. The van der Waals surface area contributed by atoms with Crippen LogP contribution in [0.2, 0.25) is 0 Å². The molecule has 0 saturated carbocycles. The number of nitrogens with zero attached hydrogens (tertiary/aromatic N) is 4. The van der Waals surface area contributed by atoms with E-state index in [0.29, 0.717) is 13.1 Å². The third-order valence-electron chi connectivity index (χ3n) is 4.36. The van der Waals surface area contributed by atoms with Crippen molar-refractivity contribution < 1.29 is 9.32 Å². The fourth-order valence-electron chi connectivity index (χ4n) is 2.99. The number of nitrogens with one attached hydrogen (secondary N) is 1. The quantitative estimate of drug-likeness (QED) is 0.903. The Morgan fingerprint density at radius 3 is 2.84 bits per heavy atom. The normalized spacial score (nSPS) is 14.4. The highest BCUT2D eigenvalue weighted by Crippen LogP contribution is 2.18. The summed E-state index contributed by atoms with van der Waals surface area (Å²) in [5, 5.41) is 6.85. The summed E-state index contributed by atoms with van der Waals surface area (Å²) in [7, 11) is 1.74. The molecule has 7 heteroatoms. The summed E-state index contributed by atoms with van der Waals surface area (Å²) >= 11 is 0. The van der Waals surface area contributed by atoms with Crippen molar-refractivity contribution in [2.24, 2.45) is 0 Å². The summed E-state index contributed by atoms with van der Waals surface area (Å²) in [5.74, 6) is 1.74. The van der Waals surface area contributed by atoms with Gasteiger partial charge in [-0.05, 0) is 43.9 Å². The lowest BCUT2D eigenvalue weighted by atomic mass is 10.1. The number of anilines is 1. The zero-order valence-electron chi connectivity index (χ0n) is 14.9. The van der Waals surface area contributed by atoms with Crippen molar-refractivity contribution in [3.63, 3.8) is 0 Å². The number of carbonyl (C=O) groups excluding carboxylic acids is 1. The van der Waals surface area contributed by atoms with Crippen molar-refractivity contribution in [3.05, 3.63) is 41.4 Å². The molecule has 1 fully saturated rings. The highest BCUT2D eigenvalue weighted by molar-refractivity contribution is 5.73. The Bertz CT molecular complexity index is 709. The van der Waals surface area contributed by atoms with Gasteiger partial charge in [0.15, 0.2) is 0 Å². The number of amides is 2. The molecule has 3 heterocycles. The van der Waals surface area contributed by atoms with Gasteiger partial charge in [-0.15, -0.1) is 0 Å². The van der Waals surface area contributed by atoms with Crippen LogP contribution in [0.15, 0.2) is 28.9 Å². The van der Waals surface area contributed by atoms with Crippen LogP contribution in [0.25, 0.3) is 0 Å². The Morgan fingerprint density at radius 2 is 2.12 bits per heavy atom. The van der Waals surface area contributed by atoms with Crippen molar-refractivity contribution in [1.29, 1.82) is 0 Å². The molecule has 7 nitrogen and oxygen atoms in total. The van der Waals surface area contributed by atoms with Crippen LogP contribution >= 0.6 is 0 Å². The molecule has 3 rings (SSSR count). The summed E-state index contributed by atoms with van der Waals surface area (Å²) in [6.07, 6.45) is 5.54. The Balaban J connectivity index is 1.52. The van der Waals surface area contributed by atoms with Gasteiger partial charge in [0.25, 0.3) is 0 Å². The van der Waals surface area contributed by atoms with Crippen molar-refractivity contribution in [3.8, 4) is 0 Å². The molecular weight excluding hydrogens is 318 g/mol. The van der Waals surface area contributed by atoms with Crippen LogP contribution in [-0.4, -0.2) is 41.2 Å². The Labute approximate surface area is 148 Å². The van der Waals surface area contributed by atoms with E-state index in [9.17, 15) is 4.79 Å². The summed E-state index contributed by atoms with van der Waals surface area (Å²) in [4.78, 5) is 20.6. The van der Waals surface area contributed by atoms with Crippen LogP contribution in [-0.2, 0) is 13.1 Å². The fourth-order valence-corrected chi connectivity index (χ4v) is 2.99. The molecule has 2 aromatic rings. The number of piperidine rings is 1. The highest BCUT2D eigenvalue weighted by atomic mass is 16.5. The predicted octanol–water partition coefficient (Wildman–Crippen LogP) is 2.71. The van der Waals surface area contributed by atoms with E-state index in [0.717, 1.165) is 35.9 Å². The van der Waals surface area contributed by atoms with E-state index < -0.39 is 0 Å². The Hall–Kier alpha value is -2.57. The zero-order valence-corrected chi connectivity index (χ0v) is 14.9. The summed E-state index contributed by atoms with van der Waals surface area (Å²) < 4.78 is 5.03. The first-order valence-electron chi connectivity index (χ1n) is 8.73. The minimum Gasteiger partial charge on any atom is -0.361 e. The van der Waals surface area contributed by atoms with E-state index in [-0.39, 0.29) is 6.03 Å². The summed E-state index contributed by atoms with van der Waals surface area (Å²) in [6, 6.07) is 5.69. The number of pyridine rings is 1. The molecule has 134 valence electrons. The van der Waals surface area contributed by atoms with Crippen LogP contribution in [0.1, 0.15) is 36.3 Å². The first-order valence-corrected chi connectivity index (χ1v) is 8.73. The third-order valence-corrected chi connectivity index (χ3v) is 4.36. The third kappa shape index (κ3) is 4.71. The first-order chi connectivity index (χ1) is 12.1. The minimum absolute atomic E-state index is 0.142. The number of carbonyl (C=O) groups is 1. The zero-order chi connectivity index (χ0) is 17.6. The van der Waals surface area contributed by atoms with Gasteiger partial charge in [0, 0.05) is 38.9 Å². The maximum absolute atomic E-state index is 12.2. The van der Waals surface area contributed by atoms with Crippen molar-refractivity contribution >= 4 is 11.8 Å². The number of aromatic nitrogens is 2. The van der Waals surface area contributed by atoms with Gasteiger partial charge in [-0.2, -0.15) is 0 Å². The maximum Gasteiger partial charge on any atom is 0.317 e. The average Bonchev–Trinajstić information content (AvgIpc) is 3.05. The lowest BCUT2D eigenvalue weighted by Gasteiger charge is -2.28. The molecule has 0 aromatic carbocycles. The Morgan fingerprint density at radius 1 is 1.32 bits per heavy atom. The lowest BCUT2D eigenvalue weighted by molar-refractivity contribution is 0.205. The van der Waals surface area contributed by atoms with Crippen molar-refractivity contribution in [2.45, 2.75) is 39.3 Å². The molecule has 0 aliphatic carbocycles. The van der Waals surface area contributed by atoms with Crippen LogP contribution in [0.4, 0.5) is 10.6 Å². The van der Waals surface area contributed by atoms with E-state index in [4.69, 9.17) is 4.52 Å². The topological polar surface area (TPSA) is 74.5 Å². The molecule has 0 spiro atoms. The first kappa shape index (κ1) is 17.3. The molecule has 1 N–H and O–H groups in total. The van der Waals surface area contributed by atoms with Gasteiger partial charge in [0.2, 0.25) is 0 Å². The second kappa shape index (κ2) is 8.00. The number of aryl methyl sites for hydroxylation is 1. The van der Waals surface area contributed by atoms with Gasteiger partial charge >= 0.3 is 6.03 Å². The smallest absolute Gasteiger partial charge is 0.317 e. The van der Waals surface area contributed by atoms with Gasteiger partial charge in [0.05, 0.1) is 6.54 Å². The largest absolute Gasteiger partial charge is 0.361 e. The van der Waals surface area contributed by atoms with Gasteiger partial charge in [-0.25, -0.2) is 9.78 Å². The van der Waals surface area contributed by atoms with Gasteiger partial charge in [-0.3, -0.25) is 0 Å². The maximum atomic E-state index is 12.2. The predicted molar refractivity (Wildman–Crippen MR) is 95.2 cm³/mol.